The van der Waals surface area contributed by atoms with E-state index in [1.165, 1.54) is 0 Å². The smallest absolute Gasteiger partial charge is 0.338 e. The molecule has 0 saturated carbocycles. The number of carbonyl (C=O) groups is 1. The molecule has 0 amide bonds. The van der Waals surface area contributed by atoms with E-state index in [9.17, 15) is 4.79 Å². The highest BCUT2D eigenvalue weighted by Gasteiger charge is 2.17. The molecule has 0 aliphatic carbocycles. The Morgan fingerprint density at radius 1 is 1.08 bits per heavy atom. The van der Waals surface area contributed by atoms with E-state index in [-0.39, 0.29) is 17.9 Å². The molecule has 6 heteroatoms. The topological polar surface area (TPSA) is 78.4 Å². The lowest BCUT2D eigenvalue weighted by Gasteiger charge is -2.18. The second-order valence-corrected chi connectivity index (χ2v) is 7.23. The van der Waals surface area contributed by atoms with Crippen LogP contribution >= 0.6 is 0 Å². The van der Waals surface area contributed by atoms with E-state index >= 15 is 0 Å². The second-order valence-electron chi connectivity index (χ2n) is 7.23. The van der Waals surface area contributed by atoms with Crippen molar-refractivity contribution < 1.29 is 18.4 Å². The summed E-state index contributed by atoms with van der Waals surface area (Å²) in [6.45, 7) is 9.96. The van der Waals surface area contributed by atoms with Gasteiger partial charge in [-0.05, 0) is 43.0 Å². The van der Waals surface area contributed by atoms with Crippen LogP contribution in [0.4, 0.5) is 0 Å². The number of nitrogens with zero attached hydrogens (tertiary/aromatic N) is 2. The average molecular weight is 354 g/mol. The molecule has 0 atom stereocenters. The predicted octanol–water partition coefficient (Wildman–Crippen LogP) is 4.60. The molecule has 0 unspecified atom stereocenters. The highest BCUT2D eigenvalue weighted by Crippen LogP contribution is 2.26. The van der Waals surface area contributed by atoms with Gasteiger partial charge in [-0.25, -0.2) is 4.79 Å². The van der Waals surface area contributed by atoms with Gasteiger partial charge in [-0.15, -0.1) is 10.2 Å². The molecule has 2 aromatic heterocycles. The zero-order chi connectivity index (χ0) is 18.9. The van der Waals surface area contributed by atoms with E-state index in [4.69, 9.17) is 13.6 Å². The number of ether oxygens (including phenoxy) is 1. The molecule has 3 aromatic rings. The summed E-state index contributed by atoms with van der Waals surface area (Å²) in [5.74, 6) is 1.62. The lowest BCUT2D eigenvalue weighted by Crippen LogP contribution is -2.12. The first kappa shape index (κ1) is 17.9. The van der Waals surface area contributed by atoms with Crippen molar-refractivity contribution in [3.05, 3.63) is 58.9 Å². The molecule has 0 aliphatic rings. The molecule has 1 aromatic carbocycles. The van der Waals surface area contributed by atoms with Crippen molar-refractivity contribution in [1.29, 1.82) is 0 Å². The van der Waals surface area contributed by atoms with Gasteiger partial charge in [-0.1, -0.05) is 32.9 Å². The summed E-state index contributed by atoms with van der Waals surface area (Å²) >= 11 is 0. The molecular formula is C20H22N2O4. The molecule has 0 saturated heterocycles. The highest BCUT2D eigenvalue weighted by molar-refractivity contribution is 5.89. The lowest BCUT2D eigenvalue weighted by atomic mass is 9.87. The zero-order valence-electron chi connectivity index (χ0n) is 15.6. The van der Waals surface area contributed by atoms with E-state index in [1.807, 2.05) is 32.0 Å². The maximum Gasteiger partial charge on any atom is 0.338 e. The van der Waals surface area contributed by atoms with Crippen LogP contribution in [0, 0.1) is 13.8 Å². The molecule has 0 aliphatic heterocycles. The summed E-state index contributed by atoms with van der Waals surface area (Å²) in [4.78, 5) is 12.2. The van der Waals surface area contributed by atoms with E-state index in [0.29, 0.717) is 17.2 Å². The van der Waals surface area contributed by atoms with Gasteiger partial charge in [0.05, 0.1) is 11.1 Å². The minimum atomic E-state index is -0.430. The SMILES string of the molecule is Cc1cc(-c2nnc(COC(=O)c3ccc(C(C)(C)C)cc3)o2)c(C)o1. The van der Waals surface area contributed by atoms with Crippen molar-refractivity contribution in [3.63, 3.8) is 0 Å². The monoisotopic (exact) mass is 354 g/mol. The largest absolute Gasteiger partial charge is 0.466 e. The van der Waals surface area contributed by atoms with E-state index in [0.717, 1.165) is 16.9 Å². The summed E-state index contributed by atoms with van der Waals surface area (Å²) in [6.07, 6.45) is 0. The number of esters is 1. The van der Waals surface area contributed by atoms with Crippen molar-refractivity contribution in [3.8, 4) is 11.5 Å². The van der Waals surface area contributed by atoms with Gasteiger partial charge in [0.25, 0.3) is 11.8 Å². The average Bonchev–Trinajstić information content (AvgIpc) is 3.18. The first-order chi connectivity index (χ1) is 12.2. The van der Waals surface area contributed by atoms with E-state index in [2.05, 4.69) is 31.0 Å². The number of furan rings is 1. The zero-order valence-corrected chi connectivity index (χ0v) is 15.6. The minimum absolute atomic E-state index is 0.0339. The van der Waals surface area contributed by atoms with Crippen LogP contribution in [-0.2, 0) is 16.8 Å². The fourth-order valence-corrected chi connectivity index (χ4v) is 2.58. The molecule has 2 heterocycles. The third-order valence-corrected chi connectivity index (χ3v) is 4.05. The molecule has 0 fully saturated rings. The normalized spacial score (nSPS) is 11.6. The Morgan fingerprint density at radius 2 is 1.77 bits per heavy atom. The van der Waals surface area contributed by atoms with Gasteiger partial charge in [0.1, 0.15) is 11.5 Å². The summed E-state index contributed by atoms with van der Waals surface area (Å²) in [7, 11) is 0. The van der Waals surface area contributed by atoms with Crippen LogP contribution in [0.25, 0.3) is 11.5 Å². The van der Waals surface area contributed by atoms with E-state index < -0.39 is 5.97 Å². The van der Waals surface area contributed by atoms with Crippen LogP contribution in [0.2, 0.25) is 0 Å². The Kier molecular flexibility index (Phi) is 4.68. The van der Waals surface area contributed by atoms with Gasteiger partial charge in [0, 0.05) is 0 Å². The van der Waals surface area contributed by atoms with Crippen LogP contribution < -0.4 is 0 Å². The van der Waals surface area contributed by atoms with E-state index in [1.54, 1.807) is 12.1 Å². The number of hydrogen-bond donors (Lipinski definition) is 0. The Balaban J connectivity index is 1.64. The molecule has 0 N–H and O–H groups in total. The standard InChI is InChI=1S/C20H22N2O4/c1-12-10-16(13(2)25-12)18-22-21-17(26-18)11-24-19(23)14-6-8-15(9-7-14)20(3,4)5/h6-10H,11H2,1-5H3. The highest BCUT2D eigenvalue weighted by atomic mass is 16.5. The third kappa shape index (κ3) is 3.85. The van der Waals surface area contributed by atoms with Crippen LogP contribution in [0.1, 0.15) is 54.1 Å². The molecule has 26 heavy (non-hydrogen) atoms. The molecule has 0 radical (unpaired) electrons. The fourth-order valence-electron chi connectivity index (χ4n) is 2.58. The predicted molar refractivity (Wildman–Crippen MR) is 95.7 cm³/mol. The molecule has 3 rings (SSSR count). The molecule has 0 bridgehead atoms. The number of hydrogen-bond acceptors (Lipinski definition) is 6. The van der Waals surface area contributed by atoms with Gasteiger partial charge in [0.15, 0.2) is 6.61 Å². The third-order valence-electron chi connectivity index (χ3n) is 4.05. The maximum absolute atomic E-state index is 12.2. The second kappa shape index (κ2) is 6.78. The Labute approximate surface area is 152 Å². The van der Waals surface area contributed by atoms with Crippen LogP contribution in [0.15, 0.2) is 39.2 Å². The molecule has 0 spiro atoms. The summed E-state index contributed by atoms with van der Waals surface area (Å²) < 4.78 is 16.3. The van der Waals surface area contributed by atoms with Gasteiger partial charge >= 0.3 is 5.97 Å². The van der Waals surface area contributed by atoms with Gasteiger partial charge in [-0.2, -0.15) is 0 Å². The Bertz CT molecular complexity index is 914. The van der Waals surface area contributed by atoms with Crippen LogP contribution in [-0.4, -0.2) is 16.2 Å². The van der Waals surface area contributed by atoms with Gasteiger partial charge in [-0.3, -0.25) is 0 Å². The number of aryl methyl sites for hydroxylation is 2. The Hall–Kier alpha value is -2.89. The number of rotatable bonds is 4. The lowest BCUT2D eigenvalue weighted by molar-refractivity contribution is 0.0438. The Morgan fingerprint density at radius 3 is 2.35 bits per heavy atom. The van der Waals surface area contributed by atoms with Crippen LogP contribution in [0.5, 0.6) is 0 Å². The summed E-state index contributed by atoms with van der Waals surface area (Å²) in [5.41, 5.74) is 2.41. The van der Waals surface area contributed by atoms with Crippen molar-refractivity contribution in [2.75, 3.05) is 0 Å². The number of aromatic nitrogens is 2. The summed E-state index contributed by atoms with van der Waals surface area (Å²) in [5, 5.41) is 7.90. The molecule has 136 valence electrons. The fraction of sp³-hybridized carbons (Fsp3) is 0.350. The maximum atomic E-state index is 12.2. The minimum Gasteiger partial charge on any atom is -0.466 e. The van der Waals surface area contributed by atoms with Crippen molar-refractivity contribution in [2.45, 2.75) is 46.6 Å². The van der Waals surface area contributed by atoms with Crippen molar-refractivity contribution in [1.82, 2.24) is 10.2 Å². The summed E-state index contributed by atoms with van der Waals surface area (Å²) in [6, 6.07) is 9.23. The number of benzene rings is 1. The first-order valence-corrected chi connectivity index (χ1v) is 8.41. The van der Waals surface area contributed by atoms with Gasteiger partial charge in [0.2, 0.25) is 0 Å². The molecule has 6 nitrogen and oxygen atoms in total. The van der Waals surface area contributed by atoms with Crippen molar-refractivity contribution >= 4 is 5.97 Å². The van der Waals surface area contributed by atoms with Crippen LogP contribution in [0.3, 0.4) is 0 Å². The van der Waals surface area contributed by atoms with Gasteiger partial charge < -0.3 is 13.6 Å². The first-order valence-electron chi connectivity index (χ1n) is 8.41. The quantitative estimate of drug-likeness (QED) is 0.637. The number of carbonyl (C=O) groups excluding carboxylic acids is 1. The van der Waals surface area contributed by atoms with Crippen molar-refractivity contribution in [2.24, 2.45) is 0 Å². The molecular weight excluding hydrogens is 332 g/mol.